The fraction of sp³-hybridized carbons (Fsp3) is 0.0217. The number of benzene rings is 7. The normalized spacial score (nSPS) is 13.3. The van der Waals surface area contributed by atoms with Crippen molar-refractivity contribution in [2.75, 3.05) is 0 Å². The Morgan fingerprint density at radius 1 is 0.625 bits per heavy atom. The van der Waals surface area contributed by atoms with E-state index in [4.69, 9.17) is 0 Å². The van der Waals surface area contributed by atoms with Crippen molar-refractivity contribution >= 4 is 65.4 Å². The van der Waals surface area contributed by atoms with Gasteiger partial charge in [-0.1, -0.05) is 128 Å². The molecule has 0 saturated carbocycles. The van der Waals surface area contributed by atoms with Gasteiger partial charge in [0.25, 0.3) is 0 Å². The lowest BCUT2D eigenvalue weighted by atomic mass is 9.95. The predicted octanol–water partition coefficient (Wildman–Crippen LogP) is 12.4. The van der Waals surface area contributed by atoms with E-state index >= 15 is 0 Å². The molecule has 0 atom stereocenters. The van der Waals surface area contributed by atoms with Gasteiger partial charge in [-0.3, -0.25) is 4.99 Å². The summed E-state index contributed by atoms with van der Waals surface area (Å²) in [6.45, 7) is 5.94. The Balaban J connectivity index is 1.23. The third-order valence-corrected chi connectivity index (χ3v) is 9.64. The van der Waals surface area contributed by atoms with Crippen LogP contribution in [0.4, 0.5) is 0 Å². The van der Waals surface area contributed by atoms with Crippen molar-refractivity contribution in [3.8, 4) is 16.8 Å². The Morgan fingerprint density at radius 2 is 1.33 bits per heavy atom. The van der Waals surface area contributed by atoms with Gasteiger partial charge >= 0.3 is 0 Å². The summed E-state index contributed by atoms with van der Waals surface area (Å²) in [6, 6.07) is 47.0. The Bertz CT molecular complexity index is 2740. The highest BCUT2D eigenvalue weighted by atomic mass is 15.0. The van der Waals surface area contributed by atoms with Crippen molar-refractivity contribution in [3.05, 3.63) is 182 Å². The molecule has 1 aliphatic rings. The van der Waals surface area contributed by atoms with E-state index in [1.54, 1.807) is 0 Å². The molecule has 0 radical (unpaired) electrons. The van der Waals surface area contributed by atoms with Crippen molar-refractivity contribution < 1.29 is 0 Å². The molecule has 9 rings (SSSR count). The molecule has 1 aliphatic heterocycles. The maximum Gasteiger partial charge on any atom is 0.0718 e. The second-order valence-electron chi connectivity index (χ2n) is 12.4. The number of rotatable bonds is 6. The third kappa shape index (κ3) is 4.45. The van der Waals surface area contributed by atoms with E-state index in [0.717, 1.165) is 16.8 Å². The Morgan fingerprint density at radius 3 is 2.17 bits per heavy atom. The predicted molar refractivity (Wildman–Crippen MR) is 207 cm³/mol. The number of nitrogens with zero attached hydrogens (tertiary/aromatic N) is 2. The van der Waals surface area contributed by atoms with Crippen LogP contribution in [-0.2, 0) is 0 Å². The Hall–Kier alpha value is -6.25. The molecule has 226 valence electrons. The van der Waals surface area contributed by atoms with Crippen molar-refractivity contribution in [2.24, 2.45) is 4.99 Å². The van der Waals surface area contributed by atoms with Gasteiger partial charge in [0.1, 0.15) is 0 Å². The van der Waals surface area contributed by atoms with Gasteiger partial charge in [-0.2, -0.15) is 0 Å². The van der Waals surface area contributed by atoms with Crippen LogP contribution in [-0.4, -0.2) is 10.3 Å². The quantitative estimate of drug-likeness (QED) is 0.166. The molecule has 0 spiro atoms. The van der Waals surface area contributed by atoms with E-state index in [-0.39, 0.29) is 0 Å². The molecule has 0 bridgehead atoms. The highest BCUT2D eigenvalue weighted by molar-refractivity contribution is 6.21. The van der Waals surface area contributed by atoms with Gasteiger partial charge in [0, 0.05) is 33.3 Å². The van der Waals surface area contributed by atoms with Crippen LogP contribution in [0.2, 0.25) is 0 Å². The number of aromatic nitrogens is 1. The molecule has 0 fully saturated rings. The summed E-state index contributed by atoms with van der Waals surface area (Å²) in [5, 5.41) is 9.86. The number of hydrogen-bond donors (Lipinski definition) is 0. The van der Waals surface area contributed by atoms with Crippen molar-refractivity contribution in [1.82, 2.24) is 4.57 Å². The lowest BCUT2D eigenvalue weighted by molar-refractivity contribution is 1.20. The van der Waals surface area contributed by atoms with E-state index in [0.29, 0.717) is 0 Å². The zero-order valence-corrected chi connectivity index (χ0v) is 26.7. The summed E-state index contributed by atoms with van der Waals surface area (Å²) in [7, 11) is 0. The van der Waals surface area contributed by atoms with Crippen LogP contribution < -0.4 is 0 Å². The highest BCUT2D eigenvalue weighted by Crippen LogP contribution is 2.40. The second-order valence-corrected chi connectivity index (χ2v) is 12.4. The van der Waals surface area contributed by atoms with E-state index in [9.17, 15) is 0 Å². The van der Waals surface area contributed by atoms with E-state index in [2.05, 4.69) is 168 Å². The van der Waals surface area contributed by atoms with E-state index in [1.807, 2.05) is 19.2 Å². The number of hydrogen-bond acceptors (Lipinski definition) is 1. The average Bonchev–Trinajstić information content (AvgIpc) is 3.43. The molecule has 0 saturated heterocycles. The topological polar surface area (TPSA) is 17.3 Å². The maximum absolute atomic E-state index is 4.50. The first-order valence-electron chi connectivity index (χ1n) is 16.4. The molecular formula is C46H32N2. The first-order chi connectivity index (χ1) is 23.7. The summed E-state index contributed by atoms with van der Waals surface area (Å²) in [5.41, 5.74) is 10.5. The Kier molecular flexibility index (Phi) is 6.55. The minimum absolute atomic E-state index is 1.03. The maximum atomic E-state index is 4.50. The second kappa shape index (κ2) is 11.2. The number of allylic oxidation sites excluding steroid dienone is 6. The van der Waals surface area contributed by atoms with Crippen molar-refractivity contribution in [3.63, 3.8) is 0 Å². The smallest absolute Gasteiger partial charge is 0.0718 e. The molecule has 0 amide bonds. The van der Waals surface area contributed by atoms with Crippen LogP contribution in [0.15, 0.2) is 176 Å². The zero-order chi connectivity index (χ0) is 32.2. The van der Waals surface area contributed by atoms with Crippen molar-refractivity contribution in [1.29, 1.82) is 0 Å². The van der Waals surface area contributed by atoms with Gasteiger partial charge in [0.15, 0.2) is 0 Å². The largest absolute Gasteiger partial charge is 0.308 e. The molecule has 7 aromatic carbocycles. The molecule has 0 N–H and O–H groups in total. The summed E-state index contributed by atoms with van der Waals surface area (Å²) in [4.78, 5) is 4.50. The standard InChI is InChI=1S/C46H32N2/c1-3-8-30(9-4-2)32-14-15-34-27-35(17-16-33(34)26-32)36-18-21-40-37(28-36)19-23-42-41-22-20-38(43-24-25-47-43)29-45(41)48(46(40)42)44-13-7-11-31-10-5-6-12-39(31)44/h3-29H,1H2,2H3/b9-4-,30-8+. The van der Waals surface area contributed by atoms with Gasteiger partial charge in [-0.15, -0.1) is 0 Å². The molecule has 0 aliphatic carbocycles. The van der Waals surface area contributed by atoms with E-state index < -0.39 is 0 Å². The molecule has 48 heavy (non-hydrogen) atoms. The summed E-state index contributed by atoms with van der Waals surface area (Å²) in [6.07, 6.45) is 12.0. The van der Waals surface area contributed by atoms with Crippen LogP contribution in [0.5, 0.6) is 0 Å². The molecule has 1 aromatic heterocycles. The Labute approximate surface area is 279 Å². The number of fused-ring (bicyclic) bond motifs is 7. The molecule has 2 heteroatoms. The SMILES string of the molecule is C=C/C=C(\C=C/C)c1ccc2cc(-c3ccc4c(ccc5c6ccc(C7=NC=C7)cc6n(-c6cccc7ccccc67)c45)c3)ccc2c1. The molecular weight excluding hydrogens is 581 g/mol. The van der Waals surface area contributed by atoms with Crippen LogP contribution in [0, 0.1) is 0 Å². The lowest BCUT2D eigenvalue weighted by Crippen LogP contribution is -2.02. The van der Waals surface area contributed by atoms with Gasteiger partial charge in [0.2, 0.25) is 0 Å². The summed E-state index contributed by atoms with van der Waals surface area (Å²) < 4.78 is 2.47. The van der Waals surface area contributed by atoms with E-state index in [1.165, 1.54) is 76.5 Å². The number of aliphatic imine (C=N–C) groups is 1. The van der Waals surface area contributed by atoms with Gasteiger partial charge in [-0.05, 0) is 87.1 Å². The van der Waals surface area contributed by atoms with Crippen LogP contribution in [0.1, 0.15) is 18.1 Å². The summed E-state index contributed by atoms with van der Waals surface area (Å²) >= 11 is 0. The molecule has 2 nitrogen and oxygen atoms in total. The fourth-order valence-electron chi connectivity index (χ4n) is 7.31. The molecule has 8 aromatic rings. The van der Waals surface area contributed by atoms with Crippen molar-refractivity contribution in [2.45, 2.75) is 6.92 Å². The zero-order valence-electron chi connectivity index (χ0n) is 26.7. The highest BCUT2D eigenvalue weighted by Gasteiger charge is 2.18. The third-order valence-electron chi connectivity index (χ3n) is 9.64. The van der Waals surface area contributed by atoms with Crippen LogP contribution in [0.25, 0.3) is 76.5 Å². The minimum atomic E-state index is 1.03. The summed E-state index contributed by atoms with van der Waals surface area (Å²) in [5.74, 6) is 0. The van der Waals surface area contributed by atoms with Crippen LogP contribution >= 0.6 is 0 Å². The van der Waals surface area contributed by atoms with Crippen LogP contribution in [0.3, 0.4) is 0 Å². The molecule has 0 unspecified atom stereocenters. The molecule has 2 heterocycles. The monoisotopic (exact) mass is 612 g/mol. The van der Waals surface area contributed by atoms with Gasteiger partial charge in [-0.25, -0.2) is 0 Å². The average molecular weight is 613 g/mol. The minimum Gasteiger partial charge on any atom is -0.308 e. The first-order valence-corrected chi connectivity index (χ1v) is 16.4. The fourth-order valence-corrected chi connectivity index (χ4v) is 7.31. The first kappa shape index (κ1) is 28.0. The van der Waals surface area contributed by atoms with Gasteiger partial charge in [0.05, 0.1) is 22.4 Å². The van der Waals surface area contributed by atoms with Gasteiger partial charge < -0.3 is 4.57 Å². The lowest BCUT2D eigenvalue weighted by Gasteiger charge is -2.14.